The fourth-order valence-corrected chi connectivity index (χ4v) is 11.3. The number of rotatable bonds is 5. The molecular formula is C37H37N3O6Si. The Hall–Kier alpha value is -4.35. The lowest BCUT2D eigenvalue weighted by Gasteiger charge is -2.37. The van der Waals surface area contributed by atoms with Crippen LogP contribution in [-0.4, -0.2) is 59.6 Å². The predicted molar refractivity (Wildman–Crippen MR) is 181 cm³/mol. The number of hydrogen-bond acceptors (Lipinski definition) is 6. The molecule has 47 heavy (non-hydrogen) atoms. The molecule has 0 bridgehead atoms. The number of amides is 3. The first-order valence-electron chi connectivity index (χ1n) is 16.2. The van der Waals surface area contributed by atoms with Crippen molar-refractivity contribution in [2.75, 3.05) is 16.8 Å². The van der Waals surface area contributed by atoms with E-state index in [1.54, 1.807) is 15.9 Å². The molecule has 240 valence electrons. The SMILES string of the molecule is C[C@@H]1[C@@H]([Si](C)(C)O)[C@H](CC(=O)N2Cc3ccccc3C[C@H]2CO)O[C@@]12C(=O)Nc1ccc(N3C(=O)c4cccc5cccc3c45)cc12. The van der Waals surface area contributed by atoms with Crippen molar-refractivity contribution in [2.24, 2.45) is 5.92 Å². The summed E-state index contributed by atoms with van der Waals surface area (Å²) < 4.78 is 6.81. The third-order valence-corrected chi connectivity index (χ3v) is 13.3. The second-order valence-electron chi connectivity index (χ2n) is 13.9. The minimum atomic E-state index is -3.01. The van der Waals surface area contributed by atoms with E-state index in [9.17, 15) is 24.3 Å². The summed E-state index contributed by atoms with van der Waals surface area (Å²) in [7, 11) is -3.01. The number of nitrogens with zero attached hydrogens (tertiary/aromatic N) is 2. The number of nitrogens with one attached hydrogen (secondary N) is 1. The fourth-order valence-electron chi connectivity index (χ4n) is 8.73. The van der Waals surface area contributed by atoms with Gasteiger partial charge in [-0.05, 0) is 66.4 Å². The molecule has 4 aromatic carbocycles. The van der Waals surface area contributed by atoms with Gasteiger partial charge >= 0.3 is 0 Å². The molecule has 1 fully saturated rings. The molecule has 4 aliphatic heterocycles. The van der Waals surface area contributed by atoms with E-state index in [1.165, 1.54) is 0 Å². The van der Waals surface area contributed by atoms with Gasteiger partial charge in [-0.25, -0.2) is 0 Å². The summed E-state index contributed by atoms with van der Waals surface area (Å²) in [5, 5.41) is 15.1. The van der Waals surface area contributed by atoms with E-state index in [0.29, 0.717) is 35.5 Å². The van der Waals surface area contributed by atoms with Crippen molar-refractivity contribution < 1.29 is 29.0 Å². The number of fused-ring (bicyclic) bond motifs is 3. The van der Waals surface area contributed by atoms with Crippen LogP contribution in [0.2, 0.25) is 18.6 Å². The van der Waals surface area contributed by atoms with E-state index in [0.717, 1.165) is 27.6 Å². The van der Waals surface area contributed by atoms with E-state index in [-0.39, 0.29) is 36.8 Å². The van der Waals surface area contributed by atoms with E-state index in [4.69, 9.17) is 4.74 Å². The topological polar surface area (TPSA) is 119 Å². The molecule has 10 heteroatoms. The Morgan fingerprint density at radius 3 is 2.51 bits per heavy atom. The number of benzene rings is 4. The molecule has 4 aliphatic rings. The molecule has 4 heterocycles. The highest BCUT2D eigenvalue weighted by molar-refractivity contribution is 6.71. The van der Waals surface area contributed by atoms with Gasteiger partial charge in [-0.2, -0.15) is 0 Å². The molecule has 3 amide bonds. The van der Waals surface area contributed by atoms with Gasteiger partial charge in [0.15, 0.2) is 13.9 Å². The van der Waals surface area contributed by atoms with Crippen molar-refractivity contribution in [1.82, 2.24) is 4.90 Å². The molecule has 1 spiro atoms. The Balaban J connectivity index is 1.16. The first-order valence-corrected chi connectivity index (χ1v) is 19.2. The number of aliphatic hydroxyl groups excluding tert-OH is 1. The monoisotopic (exact) mass is 647 g/mol. The highest BCUT2D eigenvalue weighted by atomic mass is 28.4. The molecule has 9 nitrogen and oxygen atoms in total. The zero-order valence-corrected chi connectivity index (χ0v) is 27.6. The Morgan fingerprint density at radius 1 is 1.02 bits per heavy atom. The lowest BCUT2D eigenvalue weighted by atomic mass is 9.82. The van der Waals surface area contributed by atoms with Crippen LogP contribution in [0.15, 0.2) is 78.9 Å². The molecule has 0 unspecified atom stereocenters. The van der Waals surface area contributed by atoms with Crippen molar-refractivity contribution in [1.29, 1.82) is 0 Å². The van der Waals surface area contributed by atoms with Gasteiger partial charge < -0.3 is 24.9 Å². The molecule has 4 aromatic rings. The van der Waals surface area contributed by atoms with Crippen LogP contribution in [-0.2, 0) is 32.9 Å². The maximum Gasteiger partial charge on any atom is 0.263 e. The summed E-state index contributed by atoms with van der Waals surface area (Å²) in [6, 6.07) is 24.6. The minimum absolute atomic E-state index is 0.0311. The van der Waals surface area contributed by atoms with Gasteiger partial charge in [-0.3, -0.25) is 19.3 Å². The van der Waals surface area contributed by atoms with Crippen molar-refractivity contribution >= 4 is 53.9 Å². The summed E-state index contributed by atoms with van der Waals surface area (Å²) in [5.74, 6) is -1.13. The normalized spacial score (nSPS) is 26.2. The van der Waals surface area contributed by atoms with Crippen molar-refractivity contribution in [3.05, 3.63) is 101 Å². The third kappa shape index (κ3) is 4.35. The number of carbonyl (C=O) groups excluding carboxylic acids is 3. The van der Waals surface area contributed by atoms with E-state index in [1.807, 2.05) is 92.8 Å². The molecule has 0 aliphatic carbocycles. The second-order valence-corrected chi connectivity index (χ2v) is 17.9. The number of carbonyl (C=O) groups is 3. The summed E-state index contributed by atoms with van der Waals surface area (Å²) in [4.78, 5) is 56.9. The van der Waals surface area contributed by atoms with Crippen LogP contribution in [0.3, 0.4) is 0 Å². The summed E-state index contributed by atoms with van der Waals surface area (Å²) in [6.45, 7) is 5.79. The van der Waals surface area contributed by atoms with Crippen LogP contribution < -0.4 is 10.2 Å². The summed E-state index contributed by atoms with van der Waals surface area (Å²) in [5.41, 5.74) is 3.46. The molecule has 3 N–H and O–H groups in total. The summed E-state index contributed by atoms with van der Waals surface area (Å²) in [6.07, 6.45) is -0.205. The van der Waals surface area contributed by atoms with Gasteiger partial charge in [0.05, 0.1) is 36.4 Å². The standard InChI is InChI=1S/C37H37N3O6Si/c1-21-34(47(2,3)45)31(18-32(42)39-19-24-9-5-4-8-23(24)16-26(39)20-41)46-37(21)28-17-25(14-15-29(28)38-36(37)44)40-30-13-7-11-22-10-6-12-27(33(22)30)35(40)43/h4-15,17,21,26,31,34,41,45H,16,18-20H2,1-3H3,(H,38,44)/t21-,26+,31+,34-,37+/m1/s1. The van der Waals surface area contributed by atoms with Crippen LogP contribution in [0.5, 0.6) is 0 Å². The highest BCUT2D eigenvalue weighted by Gasteiger charge is 2.65. The van der Waals surface area contributed by atoms with E-state index in [2.05, 4.69) is 5.32 Å². The van der Waals surface area contributed by atoms with Gasteiger partial charge in [0.1, 0.15) is 0 Å². The van der Waals surface area contributed by atoms with Crippen molar-refractivity contribution in [2.45, 2.75) is 62.7 Å². The zero-order chi connectivity index (χ0) is 32.8. The van der Waals surface area contributed by atoms with Gasteiger partial charge in [-0.15, -0.1) is 0 Å². The van der Waals surface area contributed by atoms with Crippen LogP contribution in [0.4, 0.5) is 17.1 Å². The van der Waals surface area contributed by atoms with E-state index >= 15 is 0 Å². The van der Waals surface area contributed by atoms with E-state index < -0.39 is 31.5 Å². The number of anilines is 3. The molecular weight excluding hydrogens is 611 g/mol. The lowest BCUT2D eigenvalue weighted by molar-refractivity contribution is -0.149. The number of ether oxygens (including phenoxy) is 1. The van der Waals surface area contributed by atoms with Crippen LogP contribution in [0.25, 0.3) is 10.8 Å². The average molecular weight is 648 g/mol. The first-order chi connectivity index (χ1) is 22.5. The predicted octanol–water partition coefficient (Wildman–Crippen LogP) is 5.22. The van der Waals surface area contributed by atoms with Crippen LogP contribution in [0.1, 0.15) is 40.4 Å². The van der Waals surface area contributed by atoms with Gasteiger partial charge in [0, 0.05) is 40.3 Å². The average Bonchev–Trinajstić information content (AvgIpc) is 3.63. The lowest BCUT2D eigenvalue weighted by Crippen LogP contribution is -2.48. The fraction of sp³-hybridized carbons (Fsp3) is 0.324. The molecule has 0 radical (unpaired) electrons. The van der Waals surface area contributed by atoms with Gasteiger partial charge in [0.25, 0.3) is 11.8 Å². The van der Waals surface area contributed by atoms with Gasteiger partial charge in [-0.1, -0.05) is 55.5 Å². The van der Waals surface area contributed by atoms with Gasteiger partial charge in [0.2, 0.25) is 5.91 Å². The molecule has 8 rings (SSSR count). The second kappa shape index (κ2) is 10.6. The smallest absolute Gasteiger partial charge is 0.263 e. The largest absolute Gasteiger partial charge is 0.432 e. The van der Waals surface area contributed by atoms with Crippen LogP contribution >= 0.6 is 0 Å². The Morgan fingerprint density at radius 2 is 1.77 bits per heavy atom. The summed E-state index contributed by atoms with van der Waals surface area (Å²) >= 11 is 0. The van der Waals surface area contributed by atoms with Crippen molar-refractivity contribution in [3.8, 4) is 0 Å². The maximum atomic E-state index is 14.0. The molecule has 1 saturated heterocycles. The highest BCUT2D eigenvalue weighted by Crippen LogP contribution is 2.59. The van der Waals surface area contributed by atoms with Crippen LogP contribution in [0, 0.1) is 5.92 Å². The minimum Gasteiger partial charge on any atom is -0.432 e. The number of hydrogen-bond donors (Lipinski definition) is 3. The molecule has 0 aromatic heterocycles. The maximum absolute atomic E-state index is 14.0. The quantitative estimate of drug-likeness (QED) is 0.256. The number of aliphatic hydroxyl groups is 1. The Kier molecular flexibility index (Phi) is 6.76. The first kappa shape index (κ1) is 30.0. The molecule has 0 saturated carbocycles. The Labute approximate surface area is 273 Å². The van der Waals surface area contributed by atoms with Crippen molar-refractivity contribution in [3.63, 3.8) is 0 Å². The molecule has 5 atom stereocenters. The third-order valence-electron chi connectivity index (χ3n) is 10.8. The Bertz CT molecular complexity index is 1990. The zero-order valence-electron chi connectivity index (χ0n) is 26.6.